The van der Waals surface area contributed by atoms with E-state index in [1.165, 1.54) is 12.1 Å². The van der Waals surface area contributed by atoms with Crippen molar-refractivity contribution in [1.29, 1.82) is 0 Å². The predicted octanol–water partition coefficient (Wildman–Crippen LogP) is 2.73. The first-order chi connectivity index (χ1) is 7.65. The molecule has 0 bridgehead atoms. The van der Waals surface area contributed by atoms with Crippen LogP contribution in [0.3, 0.4) is 0 Å². The van der Waals surface area contributed by atoms with Crippen LogP contribution in [0.15, 0.2) is 40.8 Å². The maximum Gasteiger partial charge on any atom is 0.379 e. The molecule has 0 aliphatic carbocycles. The van der Waals surface area contributed by atoms with Crippen LogP contribution in [-0.2, 0) is 0 Å². The molecule has 4 nitrogen and oxygen atoms in total. The summed E-state index contributed by atoms with van der Waals surface area (Å²) in [5.74, 6) is 0.0268. The zero-order valence-electron chi connectivity index (χ0n) is 8.14. The molecule has 1 aromatic carbocycles. The third kappa shape index (κ3) is 2.35. The second-order valence-electron chi connectivity index (χ2n) is 3.05. The minimum absolute atomic E-state index is 0.0625. The van der Waals surface area contributed by atoms with Crippen molar-refractivity contribution in [2.24, 2.45) is 0 Å². The molecule has 2 aromatic rings. The van der Waals surface area contributed by atoms with Crippen molar-refractivity contribution in [2.75, 3.05) is 5.73 Å². The van der Waals surface area contributed by atoms with Gasteiger partial charge in [-0.3, -0.25) is 0 Å². The summed E-state index contributed by atoms with van der Waals surface area (Å²) < 4.78 is 9.94. The first-order valence-electron chi connectivity index (χ1n) is 4.48. The van der Waals surface area contributed by atoms with E-state index in [-0.39, 0.29) is 11.6 Å². The Bertz CT molecular complexity index is 504. The highest BCUT2D eigenvalue weighted by Crippen LogP contribution is 2.18. The molecule has 0 saturated carbocycles. The van der Waals surface area contributed by atoms with E-state index in [9.17, 15) is 4.79 Å². The van der Waals surface area contributed by atoms with Gasteiger partial charge in [-0.15, -0.1) is 0 Å². The number of benzene rings is 1. The molecule has 0 aliphatic rings. The summed E-state index contributed by atoms with van der Waals surface area (Å²) in [7, 11) is 0. The highest BCUT2D eigenvalue weighted by molar-refractivity contribution is 6.30. The lowest BCUT2D eigenvalue weighted by molar-refractivity contribution is 0.0702. The number of halogens is 1. The largest absolute Gasteiger partial charge is 0.434 e. The quantitative estimate of drug-likeness (QED) is 0.644. The molecule has 0 saturated heterocycles. The molecular weight excluding hydrogens is 230 g/mol. The van der Waals surface area contributed by atoms with Crippen LogP contribution < -0.4 is 10.5 Å². The fourth-order valence-corrected chi connectivity index (χ4v) is 1.25. The van der Waals surface area contributed by atoms with E-state index in [4.69, 9.17) is 26.5 Å². The summed E-state index contributed by atoms with van der Waals surface area (Å²) in [4.78, 5) is 11.5. The SMILES string of the molecule is Nc1ccc(C(=O)Oc2ccc(Cl)cc2)o1. The predicted molar refractivity (Wildman–Crippen MR) is 59.5 cm³/mol. The lowest BCUT2D eigenvalue weighted by Crippen LogP contribution is -2.06. The molecule has 0 fully saturated rings. The van der Waals surface area contributed by atoms with Crippen molar-refractivity contribution >= 4 is 23.5 Å². The first kappa shape index (κ1) is 10.6. The van der Waals surface area contributed by atoms with Gasteiger partial charge in [-0.2, -0.15) is 0 Å². The van der Waals surface area contributed by atoms with Crippen LogP contribution in [0, 0.1) is 0 Å². The van der Waals surface area contributed by atoms with Crippen LogP contribution in [-0.4, -0.2) is 5.97 Å². The fraction of sp³-hybridized carbons (Fsp3) is 0. The van der Waals surface area contributed by atoms with E-state index in [2.05, 4.69) is 0 Å². The molecule has 82 valence electrons. The van der Waals surface area contributed by atoms with Crippen molar-refractivity contribution in [3.8, 4) is 5.75 Å². The number of furan rings is 1. The summed E-state index contributed by atoms with van der Waals surface area (Å²) >= 11 is 5.69. The van der Waals surface area contributed by atoms with Crippen LogP contribution in [0.4, 0.5) is 5.88 Å². The van der Waals surface area contributed by atoms with Crippen LogP contribution in [0.25, 0.3) is 0 Å². The van der Waals surface area contributed by atoms with Gasteiger partial charge in [0, 0.05) is 11.1 Å². The summed E-state index contributed by atoms with van der Waals surface area (Å²) in [6.07, 6.45) is 0. The summed E-state index contributed by atoms with van der Waals surface area (Å²) in [6.45, 7) is 0. The molecule has 0 amide bonds. The number of ether oxygens (including phenoxy) is 1. The molecule has 0 spiro atoms. The van der Waals surface area contributed by atoms with Gasteiger partial charge in [0.15, 0.2) is 5.88 Å². The Labute approximate surface area is 96.6 Å². The number of nitrogens with two attached hydrogens (primary N) is 1. The molecule has 0 unspecified atom stereocenters. The Morgan fingerprint density at radius 1 is 1.19 bits per heavy atom. The standard InChI is InChI=1S/C11H8ClNO3/c12-7-1-3-8(4-2-7)15-11(14)9-5-6-10(13)16-9/h1-6H,13H2. The molecular formula is C11H8ClNO3. The van der Waals surface area contributed by atoms with Crippen molar-refractivity contribution in [1.82, 2.24) is 0 Å². The maximum absolute atomic E-state index is 11.5. The van der Waals surface area contributed by atoms with Gasteiger partial charge in [0.25, 0.3) is 0 Å². The van der Waals surface area contributed by atoms with E-state index in [1.807, 2.05) is 0 Å². The molecule has 0 aliphatic heterocycles. The van der Waals surface area contributed by atoms with Gasteiger partial charge < -0.3 is 14.9 Å². The zero-order valence-corrected chi connectivity index (χ0v) is 8.90. The first-order valence-corrected chi connectivity index (χ1v) is 4.86. The number of hydrogen-bond donors (Lipinski definition) is 1. The number of carbonyl (C=O) groups excluding carboxylic acids is 1. The lowest BCUT2D eigenvalue weighted by atomic mass is 10.3. The van der Waals surface area contributed by atoms with Gasteiger partial charge in [-0.1, -0.05) is 11.6 Å². The topological polar surface area (TPSA) is 65.5 Å². The third-order valence-electron chi connectivity index (χ3n) is 1.85. The van der Waals surface area contributed by atoms with E-state index >= 15 is 0 Å². The van der Waals surface area contributed by atoms with Gasteiger partial charge in [0.1, 0.15) is 5.75 Å². The van der Waals surface area contributed by atoms with Gasteiger partial charge in [0.2, 0.25) is 5.76 Å². The Hall–Kier alpha value is -1.94. The molecule has 2 rings (SSSR count). The Morgan fingerprint density at radius 2 is 1.88 bits per heavy atom. The van der Waals surface area contributed by atoms with Crippen molar-refractivity contribution < 1.29 is 13.9 Å². The summed E-state index contributed by atoms with van der Waals surface area (Å²) in [5, 5.41) is 0.571. The molecule has 0 radical (unpaired) electrons. The van der Waals surface area contributed by atoms with E-state index < -0.39 is 5.97 Å². The van der Waals surface area contributed by atoms with E-state index in [0.717, 1.165) is 0 Å². The Balaban J connectivity index is 2.10. The molecule has 1 heterocycles. The van der Waals surface area contributed by atoms with Crippen LogP contribution in [0.5, 0.6) is 5.75 Å². The average Bonchev–Trinajstić information content (AvgIpc) is 2.68. The summed E-state index contributed by atoms with van der Waals surface area (Å²) in [5.41, 5.74) is 5.34. The summed E-state index contributed by atoms with van der Waals surface area (Å²) in [6, 6.07) is 9.37. The van der Waals surface area contributed by atoms with E-state index in [1.54, 1.807) is 24.3 Å². The van der Waals surface area contributed by atoms with Crippen molar-refractivity contribution in [3.05, 3.63) is 47.2 Å². The number of hydrogen-bond acceptors (Lipinski definition) is 4. The van der Waals surface area contributed by atoms with Gasteiger partial charge in [0.05, 0.1) is 0 Å². The Kier molecular flexibility index (Phi) is 2.83. The monoisotopic (exact) mass is 237 g/mol. The minimum atomic E-state index is -0.598. The second kappa shape index (κ2) is 4.28. The van der Waals surface area contributed by atoms with Crippen LogP contribution >= 0.6 is 11.6 Å². The highest BCUT2D eigenvalue weighted by Gasteiger charge is 2.12. The van der Waals surface area contributed by atoms with Crippen molar-refractivity contribution in [3.63, 3.8) is 0 Å². The fourth-order valence-electron chi connectivity index (χ4n) is 1.12. The number of esters is 1. The number of nitrogen functional groups attached to an aromatic ring is 1. The lowest BCUT2D eigenvalue weighted by Gasteiger charge is -2.01. The smallest absolute Gasteiger partial charge is 0.379 e. The molecule has 1 aromatic heterocycles. The molecule has 5 heteroatoms. The number of rotatable bonds is 2. The average molecular weight is 238 g/mol. The number of carbonyl (C=O) groups is 1. The highest BCUT2D eigenvalue weighted by atomic mass is 35.5. The van der Waals surface area contributed by atoms with E-state index in [0.29, 0.717) is 10.8 Å². The minimum Gasteiger partial charge on any atom is -0.434 e. The zero-order chi connectivity index (χ0) is 11.5. The van der Waals surface area contributed by atoms with Gasteiger partial charge >= 0.3 is 5.97 Å². The maximum atomic E-state index is 11.5. The van der Waals surface area contributed by atoms with Crippen LogP contribution in [0.2, 0.25) is 5.02 Å². The molecule has 0 atom stereocenters. The molecule has 16 heavy (non-hydrogen) atoms. The third-order valence-corrected chi connectivity index (χ3v) is 2.10. The van der Waals surface area contributed by atoms with Gasteiger partial charge in [-0.25, -0.2) is 4.79 Å². The van der Waals surface area contributed by atoms with Gasteiger partial charge in [-0.05, 0) is 30.3 Å². The van der Waals surface area contributed by atoms with Crippen LogP contribution in [0.1, 0.15) is 10.6 Å². The second-order valence-corrected chi connectivity index (χ2v) is 3.48. The normalized spacial score (nSPS) is 10.1. The molecule has 2 N–H and O–H groups in total. The number of anilines is 1. The van der Waals surface area contributed by atoms with Crippen molar-refractivity contribution in [2.45, 2.75) is 0 Å². The Morgan fingerprint density at radius 3 is 2.44 bits per heavy atom.